The van der Waals surface area contributed by atoms with Gasteiger partial charge in [0, 0.05) is 18.8 Å². The van der Waals surface area contributed by atoms with E-state index in [0.717, 1.165) is 25.7 Å². The second kappa shape index (κ2) is 7.00. The molecule has 0 saturated carbocycles. The van der Waals surface area contributed by atoms with Crippen LogP contribution >= 0.6 is 0 Å². The number of hydrogen-bond acceptors (Lipinski definition) is 3. The fourth-order valence-corrected chi connectivity index (χ4v) is 2.54. The molecule has 1 fully saturated rings. The Morgan fingerprint density at radius 1 is 1.36 bits per heavy atom. The molecule has 0 unspecified atom stereocenters. The molecule has 0 aliphatic carbocycles. The highest BCUT2D eigenvalue weighted by Gasteiger charge is 2.35. The molecule has 1 aromatic rings. The highest BCUT2D eigenvalue weighted by atomic mass is 19.4. The van der Waals surface area contributed by atoms with E-state index in [2.05, 4.69) is 17.1 Å². The topological polar surface area (TPSA) is 41.6 Å². The molecule has 0 aromatic heterocycles. The Morgan fingerprint density at radius 3 is 2.59 bits per heavy atom. The van der Waals surface area contributed by atoms with E-state index in [1.165, 1.54) is 12.1 Å². The normalized spacial score (nSPS) is 17.3. The van der Waals surface area contributed by atoms with Crippen LogP contribution in [0, 0.1) is 0 Å². The summed E-state index contributed by atoms with van der Waals surface area (Å²) >= 11 is 0. The average molecular weight is 316 g/mol. The molecule has 2 rings (SSSR count). The van der Waals surface area contributed by atoms with Crippen molar-refractivity contribution in [2.24, 2.45) is 0 Å². The number of hydrogen-bond donors (Lipinski definition) is 1. The largest absolute Gasteiger partial charge is 0.490 e. The summed E-state index contributed by atoms with van der Waals surface area (Å²) in [6, 6.07) is 3.56. The van der Waals surface area contributed by atoms with Crippen LogP contribution < -0.4 is 10.1 Å². The molecule has 4 nitrogen and oxygen atoms in total. The van der Waals surface area contributed by atoms with Crippen molar-refractivity contribution < 1.29 is 22.7 Å². The fraction of sp³-hybridized carbons (Fsp3) is 0.533. The Labute approximate surface area is 127 Å². The van der Waals surface area contributed by atoms with Gasteiger partial charge in [0.2, 0.25) is 6.41 Å². The minimum Gasteiger partial charge on any atom is -0.490 e. The number of carbonyl (C=O) groups excluding carboxylic acids is 1. The van der Waals surface area contributed by atoms with Crippen LogP contribution in [0.2, 0.25) is 0 Å². The van der Waals surface area contributed by atoms with E-state index >= 15 is 0 Å². The van der Waals surface area contributed by atoms with Gasteiger partial charge in [0.25, 0.3) is 0 Å². The van der Waals surface area contributed by atoms with Gasteiger partial charge in [0.15, 0.2) is 0 Å². The minimum absolute atomic E-state index is 0.0930. The van der Waals surface area contributed by atoms with Crippen molar-refractivity contribution in [3.63, 3.8) is 0 Å². The van der Waals surface area contributed by atoms with E-state index in [1.54, 1.807) is 0 Å². The zero-order chi connectivity index (χ0) is 16.2. The van der Waals surface area contributed by atoms with Crippen LogP contribution in [-0.2, 0) is 11.0 Å². The van der Waals surface area contributed by atoms with Gasteiger partial charge in [-0.05, 0) is 37.6 Å². The minimum atomic E-state index is -4.53. The van der Waals surface area contributed by atoms with Gasteiger partial charge >= 0.3 is 6.18 Å². The Kier molecular flexibility index (Phi) is 5.28. The maximum Gasteiger partial charge on any atom is 0.420 e. The predicted molar refractivity (Wildman–Crippen MR) is 76.9 cm³/mol. The summed E-state index contributed by atoms with van der Waals surface area (Å²) < 4.78 is 45.0. The van der Waals surface area contributed by atoms with E-state index in [4.69, 9.17) is 4.74 Å². The van der Waals surface area contributed by atoms with Crippen LogP contribution in [0.1, 0.15) is 25.3 Å². The smallest absolute Gasteiger partial charge is 0.420 e. The average Bonchev–Trinajstić information content (AvgIpc) is 2.49. The molecule has 1 saturated heterocycles. The van der Waals surface area contributed by atoms with E-state index in [1.807, 2.05) is 0 Å². The van der Waals surface area contributed by atoms with Crippen molar-refractivity contribution in [1.29, 1.82) is 0 Å². The molecular formula is C15H19F3N2O2. The zero-order valence-electron chi connectivity index (χ0n) is 12.3. The standard InChI is InChI=1S/C15H19F3N2O2/c1-2-20-7-5-12(6-8-20)22-14-4-3-11(19-10-21)9-13(14)15(16,17)18/h3-4,9-10,12H,2,5-8H2,1H3,(H,19,21). The lowest BCUT2D eigenvalue weighted by molar-refractivity contribution is -0.139. The van der Waals surface area contributed by atoms with Crippen molar-refractivity contribution in [1.82, 2.24) is 4.90 Å². The third-order valence-electron chi connectivity index (χ3n) is 3.79. The molecule has 22 heavy (non-hydrogen) atoms. The number of anilines is 1. The first kappa shape index (κ1) is 16.6. The van der Waals surface area contributed by atoms with Gasteiger partial charge in [-0.15, -0.1) is 0 Å². The number of amides is 1. The molecule has 1 aliphatic rings. The van der Waals surface area contributed by atoms with Crippen LogP contribution in [0.3, 0.4) is 0 Å². The van der Waals surface area contributed by atoms with Gasteiger partial charge in [-0.2, -0.15) is 13.2 Å². The Morgan fingerprint density at radius 2 is 2.05 bits per heavy atom. The quantitative estimate of drug-likeness (QED) is 0.849. The van der Waals surface area contributed by atoms with E-state index in [0.29, 0.717) is 19.3 Å². The fourth-order valence-electron chi connectivity index (χ4n) is 2.54. The number of halogens is 3. The van der Waals surface area contributed by atoms with Crippen molar-refractivity contribution in [2.45, 2.75) is 32.0 Å². The number of ether oxygens (including phenoxy) is 1. The van der Waals surface area contributed by atoms with Gasteiger partial charge in [-0.25, -0.2) is 0 Å². The highest BCUT2D eigenvalue weighted by Crippen LogP contribution is 2.38. The van der Waals surface area contributed by atoms with Crippen LogP contribution in [0.4, 0.5) is 18.9 Å². The van der Waals surface area contributed by atoms with Crippen LogP contribution in [-0.4, -0.2) is 37.0 Å². The number of benzene rings is 1. The first-order valence-corrected chi connectivity index (χ1v) is 7.24. The number of likely N-dealkylation sites (tertiary alicyclic amines) is 1. The Balaban J connectivity index is 2.14. The van der Waals surface area contributed by atoms with Gasteiger partial charge in [-0.1, -0.05) is 6.92 Å². The monoisotopic (exact) mass is 316 g/mol. The van der Waals surface area contributed by atoms with Crippen molar-refractivity contribution >= 4 is 12.1 Å². The summed E-state index contributed by atoms with van der Waals surface area (Å²) in [6.45, 7) is 4.65. The highest BCUT2D eigenvalue weighted by molar-refractivity contribution is 5.72. The second-order valence-electron chi connectivity index (χ2n) is 5.22. The molecule has 122 valence electrons. The molecule has 0 bridgehead atoms. The Hall–Kier alpha value is -1.76. The summed E-state index contributed by atoms with van der Waals surface area (Å²) in [5.74, 6) is -0.182. The van der Waals surface area contributed by atoms with Crippen LogP contribution in [0.5, 0.6) is 5.75 Å². The summed E-state index contributed by atoms with van der Waals surface area (Å²) in [7, 11) is 0. The van der Waals surface area contributed by atoms with E-state index in [9.17, 15) is 18.0 Å². The van der Waals surface area contributed by atoms with Crippen molar-refractivity contribution in [3.8, 4) is 5.75 Å². The molecule has 0 spiro atoms. The molecular weight excluding hydrogens is 297 g/mol. The molecule has 7 heteroatoms. The van der Waals surface area contributed by atoms with Crippen LogP contribution in [0.25, 0.3) is 0 Å². The SMILES string of the molecule is CCN1CCC(Oc2ccc(NC=O)cc2C(F)(F)F)CC1. The van der Waals surface area contributed by atoms with Crippen LogP contribution in [0.15, 0.2) is 18.2 Å². The van der Waals surface area contributed by atoms with E-state index < -0.39 is 11.7 Å². The first-order chi connectivity index (χ1) is 10.4. The molecule has 1 aliphatic heterocycles. The predicted octanol–water partition coefficient (Wildman–Crippen LogP) is 3.14. The first-order valence-electron chi connectivity index (χ1n) is 7.24. The molecule has 1 aromatic carbocycles. The number of alkyl halides is 3. The van der Waals surface area contributed by atoms with Gasteiger partial charge in [-0.3, -0.25) is 4.79 Å². The van der Waals surface area contributed by atoms with Gasteiger partial charge in [0.05, 0.1) is 5.56 Å². The maximum atomic E-state index is 13.1. The van der Waals surface area contributed by atoms with E-state index in [-0.39, 0.29) is 17.5 Å². The molecule has 0 radical (unpaired) electrons. The Bertz CT molecular complexity index is 512. The number of carbonyl (C=O) groups is 1. The number of nitrogens with one attached hydrogen (secondary N) is 1. The molecule has 1 heterocycles. The third kappa shape index (κ3) is 4.13. The maximum absolute atomic E-state index is 13.1. The second-order valence-corrected chi connectivity index (χ2v) is 5.22. The summed E-state index contributed by atoms with van der Waals surface area (Å²) in [5, 5.41) is 2.22. The number of piperidine rings is 1. The molecule has 0 atom stereocenters. The third-order valence-corrected chi connectivity index (χ3v) is 3.79. The lowest BCUT2D eigenvalue weighted by atomic mass is 10.1. The zero-order valence-corrected chi connectivity index (χ0v) is 12.3. The molecule has 1 N–H and O–H groups in total. The van der Waals surface area contributed by atoms with Crippen molar-refractivity contribution in [3.05, 3.63) is 23.8 Å². The summed E-state index contributed by atoms with van der Waals surface area (Å²) in [6.07, 6.45) is -2.98. The van der Waals surface area contributed by atoms with Crippen molar-refractivity contribution in [2.75, 3.05) is 25.0 Å². The number of nitrogens with zero attached hydrogens (tertiary/aromatic N) is 1. The number of rotatable bonds is 5. The summed E-state index contributed by atoms with van der Waals surface area (Å²) in [5.41, 5.74) is -0.771. The molecule has 1 amide bonds. The van der Waals surface area contributed by atoms with Gasteiger partial charge in [0.1, 0.15) is 11.9 Å². The lowest BCUT2D eigenvalue weighted by Gasteiger charge is -2.31. The summed E-state index contributed by atoms with van der Waals surface area (Å²) in [4.78, 5) is 12.6. The lowest BCUT2D eigenvalue weighted by Crippen LogP contribution is -2.38. The van der Waals surface area contributed by atoms with Gasteiger partial charge < -0.3 is 15.0 Å².